The van der Waals surface area contributed by atoms with E-state index in [0.29, 0.717) is 6.54 Å². The fourth-order valence-corrected chi connectivity index (χ4v) is 2.35. The van der Waals surface area contributed by atoms with Crippen LogP contribution in [0.1, 0.15) is 5.56 Å². The van der Waals surface area contributed by atoms with E-state index in [0.717, 1.165) is 33.7 Å². The van der Waals surface area contributed by atoms with Crippen LogP contribution in [0.4, 0.5) is 0 Å². The van der Waals surface area contributed by atoms with Crippen molar-refractivity contribution in [3.8, 4) is 17.1 Å². The van der Waals surface area contributed by atoms with Crippen LogP contribution in [0.5, 0.6) is 5.75 Å². The molecule has 4 nitrogen and oxygen atoms in total. The van der Waals surface area contributed by atoms with E-state index >= 15 is 0 Å². The Kier molecular flexibility index (Phi) is 3.16. The molecule has 3 rings (SSSR count). The Morgan fingerprint density at radius 2 is 1.90 bits per heavy atom. The summed E-state index contributed by atoms with van der Waals surface area (Å²) in [6.07, 6.45) is 0. The summed E-state index contributed by atoms with van der Waals surface area (Å²) >= 11 is 0. The van der Waals surface area contributed by atoms with Gasteiger partial charge >= 0.3 is 0 Å². The first-order valence-corrected chi connectivity index (χ1v) is 6.53. The van der Waals surface area contributed by atoms with Gasteiger partial charge in [-0.3, -0.25) is 0 Å². The fourth-order valence-electron chi connectivity index (χ4n) is 2.35. The van der Waals surface area contributed by atoms with Crippen LogP contribution in [0, 0.1) is 0 Å². The van der Waals surface area contributed by atoms with E-state index in [9.17, 15) is 0 Å². The molecule has 0 saturated heterocycles. The lowest BCUT2D eigenvalue weighted by atomic mass is 10.1. The lowest BCUT2D eigenvalue weighted by Crippen LogP contribution is -1.96. The molecule has 0 radical (unpaired) electrons. The molecule has 0 aliphatic rings. The molecule has 0 fully saturated rings. The first-order valence-electron chi connectivity index (χ1n) is 6.53. The predicted octanol–water partition coefficient (Wildman–Crippen LogP) is 2.71. The van der Waals surface area contributed by atoms with E-state index in [1.165, 1.54) is 0 Å². The van der Waals surface area contributed by atoms with Crippen molar-refractivity contribution in [2.75, 3.05) is 7.11 Å². The first-order chi connectivity index (χ1) is 9.72. The van der Waals surface area contributed by atoms with Gasteiger partial charge in [-0.15, -0.1) is 0 Å². The van der Waals surface area contributed by atoms with Crippen molar-refractivity contribution >= 4 is 11.0 Å². The van der Waals surface area contributed by atoms with Crippen molar-refractivity contribution in [3.63, 3.8) is 0 Å². The first kappa shape index (κ1) is 12.7. The standard InChI is InChI=1S/C16H17N3O/c1-19-15-8-7-13(20-2)9-14(15)18-16(19)12-5-3-11(10-17)4-6-12/h3-9H,10,17H2,1-2H3. The number of benzene rings is 2. The number of imidazole rings is 1. The van der Waals surface area contributed by atoms with Crippen LogP contribution in [0.25, 0.3) is 22.4 Å². The number of hydrogen-bond acceptors (Lipinski definition) is 3. The van der Waals surface area contributed by atoms with Gasteiger partial charge in [0.1, 0.15) is 11.6 Å². The molecule has 0 unspecified atom stereocenters. The minimum Gasteiger partial charge on any atom is -0.497 e. The molecular formula is C16H17N3O. The van der Waals surface area contributed by atoms with Crippen LogP contribution in [0.2, 0.25) is 0 Å². The molecule has 1 aromatic heterocycles. The average molecular weight is 267 g/mol. The molecular weight excluding hydrogens is 250 g/mol. The quantitative estimate of drug-likeness (QED) is 0.793. The molecule has 1 heterocycles. The molecule has 0 bridgehead atoms. The molecule has 20 heavy (non-hydrogen) atoms. The Bertz CT molecular complexity index is 744. The van der Waals surface area contributed by atoms with E-state index in [1.54, 1.807) is 7.11 Å². The highest BCUT2D eigenvalue weighted by Crippen LogP contribution is 2.26. The zero-order valence-electron chi connectivity index (χ0n) is 11.6. The van der Waals surface area contributed by atoms with E-state index in [-0.39, 0.29) is 0 Å². The summed E-state index contributed by atoms with van der Waals surface area (Å²) in [7, 11) is 3.69. The zero-order valence-corrected chi connectivity index (χ0v) is 11.6. The molecule has 102 valence electrons. The highest BCUT2D eigenvalue weighted by atomic mass is 16.5. The number of aromatic nitrogens is 2. The Labute approximate surface area is 117 Å². The lowest BCUT2D eigenvalue weighted by Gasteiger charge is -2.03. The maximum absolute atomic E-state index is 5.63. The number of nitrogens with two attached hydrogens (primary N) is 1. The maximum Gasteiger partial charge on any atom is 0.140 e. The third-order valence-electron chi connectivity index (χ3n) is 3.54. The zero-order chi connectivity index (χ0) is 14.1. The minimum absolute atomic E-state index is 0.556. The van der Waals surface area contributed by atoms with Crippen molar-refractivity contribution < 1.29 is 4.74 Å². The third kappa shape index (κ3) is 2.04. The molecule has 0 saturated carbocycles. The van der Waals surface area contributed by atoms with Gasteiger partial charge in [-0.25, -0.2) is 4.98 Å². The number of hydrogen-bond donors (Lipinski definition) is 1. The largest absolute Gasteiger partial charge is 0.497 e. The summed E-state index contributed by atoms with van der Waals surface area (Å²) in [5, 5.41) is 0. The number of methoxy groups -OCH3 is 1. The molecule has 4 heteroatoms. The number of nitrogens with zero attached hydrogens (tertiary/aromatic N) is 2. The summed E-state index contributed by atoms with van der Waals surface area (Å²) in [4.78, 5) is 4.70. The van der Waals surface area contributed by atoms with E-state index in [2.05, 4.69) is 16.7 Å². The van der Waals surface area contributed by atoms with Crippen LogP contribution in [0.3, 0.4) is 0 Å². The number of fused-ring (bicyclic) bond motifs is 1. The highest BCUT2D eigenvalue weighted by molar-refractivity contribution is 5.81. The van der Waals surface area contributed by atoms with Gasteiger partial charge in [0.2, 0.25) is 0 Å². The Balaban J connectivity index is 2.12. The monoisotopic (exact) mass is 267 g/mol. The van der Waals surface area contributed by atoms with E-state index in [4.69, 9.17) is 15.5 Å². The summed E-state index contributed by atoms with van der Waals surface area (Å²) < 4.78 is 7.33. The average Bonchev–Trinajstić information content (AvgIpc) is 2.84. The normalized spacial score (nSPS) is 10.9. The third-order valence-corrected chi connectivity index (χ3v) is 3.54. The van der Waals surface area contributed by atoms with Crippen molar-refractivity contribution in [1.29, 1.82) is 0 Å². The number of ether oxygens (including phenoxy) is 1. The van der Waals surface area contributed by atoms with Crippen LogP contribution in [0.15, 0.2) is 42.5 Å². The molecule has 3 aromatic rings. The lowest BCUT2D eigenvalue weighted by molar-refractivity contribution is 0.415. The molecule has 0 spiro atoms. The molecule has 0 aliphatic carbocycles. The fraction of sp³-hybridized carbons (Fsp3) is 0.188. The summed E-state index contributed by atoms with van der Waals surface area (Å²) in [5.74, 6) is 1.76. The van der Waals surface area contributed by atoms with Crippen molar-refractivity contribution in [2.24, 2.45) is 12.8 Å². The van der Waals surface area contributed by atoms with Gasteiger partial charge in [0.25, 0.3) is 0 Å². The van der Waals surface area contributed by atoms with Gasteiger partial charge < -0.3 is 15.0 Å². The van der Waals surface area contributed by atoms with Crippen LogP contribution in [-0.4, -0.2) is 16.7 Å². The van der Waals surface area contributed by atoms with Crippen molar-refractivity contribution in [3.05, 3.63) is 48.0 Å². The van der Waals surface area contributed by atoms with Gasteiger partial charge in [0.05, 0.1) is 18.1 Å². The second-order valence-corrected chi connectivity index (χ2v) is 4.75. The van der Waals surface area contributed by atoms with Gasteiger partial charge in [-0.1, -0.05) is 24.3 Å². The molecule has 2 N–H and O–H groups in total. The van der Waals surface area contributed by atoms with Crippen LogP contribution >= 0.6 is 0 Å². The second-order valence-electron chi connectivity index (χ2n) is 4.75. The van der Waals surface area contributed by atoms with Crippen molar-refractivity contribution in [1.82, 2.24) is 9.55 Å². The molecule has 0 aliphatic heterocycles. The van der Waals surface area contributed by atoms with E-state index in [1.807, 2.05) is 37.4 Å². The number of aryl methyl sites for hydroxylation is 1. The Morgan fingerprint density at radius 3 is 2.55 bits per heavy atom. The summed E-state index contributed by atoms with van der Waals surface area (Å²) in [6.45, 7) is 0.556. The van der Waals surface area contributed by atoms with E-state index < -0.39 is 0 Å². The maximum atomic E-state index is 5.63. The topological polar surface area (TPSA) is 53.1 Å². The van der Waals surface area contributed by atoms with Gasteiger partial charge in [-0.05, 0) is 17.7 Å². The van der Waals surface area contributed by atoms with Crippen LogP contribution in [-0.2, 0) is 13.6 Å². The van der Waals surface area contributed by atoms with Gasteiger partial charge in [0, 0.05) is 25.2 Å². The van der Waals surface area contributed by atoms with Crippen LogP contribution < -0.4 is 10.5 Å². The number of rotatable bonds is 3. The highest BCUT2D eigenvalue weighted by Gasteiger charge is 2.10. The summed E-state index contributed by atoms with van der Waals surface area (Å²) in [5.41, 5.74) is 9.85. The van der Waals surface area contributed by atoms with Gasteiger partial charge in [0.15, 0.2) is 0 Å². The van der Waals surface area contributed by atoms with Gasteiger partial charge in [-0.2, -0.15) is 0 Å². The molecule has 0 amide bonds. The summed E-state index contributed by atoms with van der Waals surface area (Å²) in [6, 6.07) is 14.1. The smallest absolute Gasteiger partial charge is 0.140 e. The Morgan fingerprint density at radius 1 is 1.15 bits per heavy atom. The molecule has 2 aromatic carbocycles. The minimum atomic E-state index is 0.556. The predicted molar refractivity (Wildman–Crippen MR) is 80.6 cm³/mol. The Hall–Kier alpha value is -2.33. The SMILES string of the molecule is COc1ccc2c(c1)nc(-c1ccc(CN)cc1)n2C. The second kappa shape index (κ2) is 4.98. The molecule has 0 atom stereocenters. The van der Waals surface area contributed by atoms with Crippen molar-refractivity contribution in [2.45, 2.75) is 6.54 Å².